The first-order valence-corrected chi connectivity index (χ1v) is 22.5. The smallest absolute Gasteiger partial charge is 0.254 e. The zero-order valence-corrected chi connectivity index (χ0v) is 37.3. The number of carbonyl (C=O) groups excluding carboxylic acids is 3. The summed E-state index contributed by atoms with van der Waals surface area (Å²) in [5.74, 6) is 1.77. The highest BCUT2D eigenvalue weighted by Crippen LogP contribution is 2.44. The van der Waals surface area contributed by atoms with E-state index < -0.39 is 0 Å². The number of fused-ring (bicyclic) bond motifs is 4. The van der Waals surface area contributed by atoms with Gasteiger partial charge in [0.05, 0.1) is 45.7 Å². The number of carbonyl (C=O) groups is 3. The first-order chi connectivity index (χ1) is 30.6. The zero-order chi connectivity index (χ0) is 43.9. The Morgan fingerprint density at radius 2 is 1.63 bits per heavy atom. The molecule has 16 heteroatoms. The van der Waals surface area contributed by atoms with Crippen molar-refractivity contribution in [3.8, 4) is 10.8 Å². The van der Waals surface area contributed by atoms with Crippen LogP contribution in [0.25, 0.3) is 10.6 Å². The molecule has 0 radical (unpaired) electrons. The van der Waals surface area contributed by atoms with E-state index in [0.717, 1.165) is 44.6 Å². The van der Waals surface area contributed by atoms with E-state index in [9.17, 15) is 14.4 Å². The number of aryl methyl sites for hydroxylation is 2. The Balaban J connectivity index is 0.712. The van der Waals surface area contributed by atoms with Gasteiger partial charge >= 0.3 is 0 Å². The van der Waals surface area contributed by atoms with Crippen LogP contribution in [0.3, 0.4) is 0 Å². The first kappa shape index (κ1) is 44.0. The van der Waals surface area contributed by atoms with Crippen LogP contribution in [0.15, 0.2) is 72.8 Å². The average Bonchev–Trinajstić information content (AvgIpc) is 3.90. The van der Waals surface area contributed by atoms with Crippen molar-refractivity contribution in [1.29, 1.82) is 0 Å². The van der Waals surface area contributed by atoms with E-state index in [2.05, 4.69) is 50.6 Å². The number of hydrogen-bond donors (Lipinski definition) is 3. The molecule has 8 rings (SSSR count). The standard InChI is InChI=1S/C47H52ClN7O7S/c1-29-30(2)63-47-44(29)39(32-7-9-34(48)10-8-32)25-33(45-53-52-31(3)55(45)47)26-43(57)51-35-11-14-37(15-12-35)62-24-23-61-22-21-60-20-19-59-18-17-49-41-6-4-5-38-40(41)28-54(46(38)58)36-13-16-42(56)50-27-36/h4-12,14-15,25,33,36,49H,13,16-24,26-28H2,1-3H3,(H,50,56)(H,51,57)/t33-,36-/m0/s1. The Morgan fingerprint density at radius 1 is 0.905 bits per heavy atom. The summed E-state index contributed by atoms with van der Waals surface area (Å²) in [7, 11) is 0. The number of benzene rings is 3. The topological polar surface area (TPSA) is 158 Å². The van der Waals surface area contributed by atoms with Gasteiger partial charge in [-0.1, -0.05) is 35.9 Å². The summed E-state index contributed by atoms with van der Waals surface area (Å²) < 4.78 is 25.0. The maximum Gasteiger partial charge on any atom is 0.254 e. The number of ether oxygens (including phenoxy) is 4. The molecule has 2 aromatic heterocycles. The lowest BCUT2D eigenvalue weighted by Gasteiger charge is -2.31. The molecule has 63 heavy (non-hydrogen) atoms. The summed E-state index contributed by atoms with van der Waals surface area (Å²) in [4.78, 5) is 41.3. The number of rotatable bonds is 19. The van der Waals surface area contributed by atoms with Crippen molar-refractivity contribution in [2.24, 2.45) is 0 Å². The molecule has 14 nitrogen and oxygen atoms in total. The number of anilines is 2. The van der Waals surface area contributed by atoms with Crippen molar-refractivity contribution in [3.63, 3.8) is 0 Å². The van der Waals surface area contributed by atoms with Crippen LogP contribution in [0.1, 0.15) is 74.3 Å². The van der Waals surface area contributed by atoms with Crippen LogP contribution in [0.2, 0.25) is 5.02 Å². The highest BCUT2D eigenvalue weighted by atomic mass is 35.5. The van der Waals surface area contributed by atoms with Gasteiger partial charge in [0, 0.05) is 76.4 Å². The molecule has 0 saturated carbocycles. The molecule has 0 bridgehead atoms. The molecule has 3 aliphatic heterocycles. The molecule has 5 heterocycles. The second-order valence-corrected chi connectivity index (χ2v) is 17.4. The normalized spacial score (nSPS) is 16.8. The van der Waals surface area contributed by atoms with Gasteiger partial charge in [-0.15, -0.1) is 21.5 Å². The fourth-order valence-corrected chi connectivity index (χ4v) is 9.55. The van der Waals surface area contributed by atoms with Gasteiger partial charge in [-0.25, -0.2) is 0 Å². The van der Waals surface area contributed by atoms with Crippen LogP contribution in [0, 0.1) is 20.8 Å². The highest BCUT2D eigenvalue weighted by molar-refractivity contribution is 7.15. The van der Waals surface area contributed by atoms with Crippen molar-refractivity contribution in [2.75, 3.05) is 70.0 Å². The van der Waals surface area contributed by atoms with E-state index in [1.54, 1.807) is 11.3 Å². The maximum atomic E-state index is 13.6. The Hall–Kier alpha value is -5.58. The number of nitrogens with zero attached hydrogens (tertiary/aromatic N) is 4. The third-order valence-electron chi connectivity index (χ3n) is 11.6. The lowest BCUT2D eigenvalue weighted by molar-refractivity contribution is -0.123. The Labute approximate surface area is 375 Å². The fourth-order valence-electron chi connectivity index (χ4n) is 8.20. The number of piperidine rings is 1. The van der Waals surface area contributed by atoms with Gasteiger partial charge < -0.3 is 39.8 Å². The van der Waals surface area contributed by atoms with E-state index in [1.807, 2.05) is 78.6 Å². The molecule has 1 fully saturated rings. The van der Waals surface area contributed by atoms with E-state index in [0.29, 0.717) is 101 Å². The minimum atomic E-state index is -0.323. The van der Waals surface area contributed by atoms with Crippen molar-refractivity contribution in [1.82, 2.24) is 25.0 Å². The third kappa shape index (κ3) is 10.3. The predicted molar refractivity (Wildman–Crippen MR) is 243 cm³/mol. The number of hydrogen-bond acceptors (Lipinski definition) is 11. The van der Waals surface area contributed by atoms with E-state index in [-0.39, 0.29) is 36.1 Å². The Morgan fingerprint density at radius 3 is 2.37 bits per heavy atom. The average molecular weight is 894 g/mol. The maximum absolute atomic E-state index is 13.6. The lowest BCUT2D eigenvalue weighted by Crippen LogP contribution is -2.48. The van der Waals surface area contributed by atoms with Crippen LogP contribution >= 0.6 is 22.9 Å². The molecule has 3 N–H and O–H groups in total. The van der Waals surface area contributed by atoms with Gasteiger partial charge in [0.15, 0.2) is 0 Å². The zero-order valence-electron chi connectivity index (χ0n) is 35.7. The first-order valence-electron chi connectivity index (χ1n) is 21.3. The van der Waals surface area contributed by atoms with Crippen molar-refractivity contribution in [2.45, 2.75) is 58.5 Å². The number of allylic oxidation sites excluding steroid dienone is 1. The minimum Gasteiger partial charge on any atom is -0.491 e. The molecule has 1 saturated heterocycles. The number of nitrogens with one attached hydrogen (secondary N) is 3. The molecule has 0 spiro atoms. The quantitative estimate of drug-likeness (QED) is 0.0722. The number of amides is 3. The molecule has 330 valence electrons. The Kier molecular flexibility index (Phi) is 14.2. The van der Waals surface area contributed by atoms with E-state index in [4.69, 9.17) is 30.5 Å². The second kappa shape index (κ2) is 20.3. The van der Waals surface area contributed by atoms with Crippen molar-refractivity contribution >= 4 is 57.6 Å². The molecule has 0 unspecified atom stereocenters. The molecular formula is C47H52ClN7O7S. The molecule has 3 aromatic carbocycles. The van der Waals surface area contributed by atoms with Crippen LogP contribution < -0.4 is 20.7 Å². The summed E-state index contributed by atoms with van der Waals surface area (Å²) in [5, 5.41) is 20.0. The summed E-state index contributed by atoms with van der Waals surface area (Å²) >= 11 is 7.97. The fraction of sp³-hybridized carbons (Fsp3) is 0.383. The Bertz CT molecular complexity index is 2460. The SMILES string of the molecule is Cc1sc2c(c1C)C(c1ccc(Cl)cc1)=C[C@@H](CC(=O)Nc1ccc(OCCOCCOCCOCCNc3cccc4c3CN([C@H]3CCC(=O)NC3)C4=O)cc1)c1nnc(C)n1-2. The summed E-state index contributed by atoms with van der Waals surface area (Å²) in [5.41, 5.74) is 7.69. The van der Waals surface area contributed by atoms with Gasteiger partial charge in [-0.05, 0) is 92.4 Å². The van der Waals surface area contributed by atoms with E-state index >= 15 is 0 Å². The lowest BCUT2D eigenvalue weighted by atomic mass is 9.92. The van der Waals surface area contributed by atoms with Gasteiger partial charge in [0.2, 0.25) is 11.8 Å². The number of aromatic nitrogens is 3. The molecule has 5 aromatic rings. The van der Waals surface area contributed by atoms with Crippen LogP contribution in [-0.4, -0.2) is 103 Å². The number of thiophene rings is 1. The number of halogens is 1. The van der Waals surface area contributed by atoms with Crippen LogP contribution in [0.5, 0.6) is 5.75 Å². The van der Waals surface area contributed by atoms with Gasteiger partial charge in [0.1, 0.15) is 29.0 Å². The summed E-state index contributed by atoms with van der Waals surface area (Å²) in [6.45, 7) is 10.9. The highest BCUT2D eigenvalue weighted by Gasteiger charge is 2.36. The summed E-state index contributed by atoms with van der Waals surface area (Å²) in [6, 6.07) is 20.9. The van der Waals surface area contributed by atoms with Crippen LogP contribution in [-0.2, 0) is 30.3 Å². The summed E-state index contributed by atoms with van der Waals surface area (Å²) in [6.07, 6.45) is 3.46. The molecule has 3 aliphatic rings. The second-order valence-electron chi connectivity index (χ2n) is 15.7. The third-order valence-corrected chi connectivity index (χ3v) is 13.0. The van der Waals surface area contributed by atoms with Crippen molar-refractivity contribution in [3.05, 3.63) is 122 Å². The minimum absolute atomic E-state index is 0.0188. The van der Waals surface area contributed by atoms with Gasteiger partial charge in [0.25, 0.3) is 5.91 Å². The molecule has 0 aliphatic carbocycles. The molecule has 2 atom stereocenters. The largest absolute Gasteiger partial charge is 0.491 e. The van der Waals surface area contributed by atoms with Crippen molar-refractivity contribution < 1.29 is 33.3 Å². The van der Waals surface area contributed by atoms with Gasteiger partial charge in [-0.2, -0.15) is 0 Å². The van der Waals surface area contributed by atoms with Crippen LogP contribution in [0.4, 0.5) is 11.4 Å². The monoisotopic (exact) mass is 893 g/mol. The molecule has 3 amide bonds. The van der Waals surface area contributed by atoms with E-state index in [1.165, 1.54) is 10.4 Å². The molecular weight excluding hydrogens is 842 g/mol. The predicted octanol–water partition coefficient (Wildman–Crippen LogP) is 7.24. The van der Waals surface area contributed by atoms with Gasteiger partial charge in [-0.3, -0.25) is 19.0 Å².